The number of hydrogen-bond donors (Lipinski definition) is 1. The van der Waals surface area contributed by atoms with Gasteiger partial charge in [-0.05, 0) is 29.8 Å². The van der Waals surface area contributed by atoms with E-state index in [9.17, 15) is 9.59 Å². The van der Waals surface area contributed by atoms with Gasteiger partial charge in [0.2, 0.25) is 0 Å². The largest absolute Gasteiger partial charge is 0.494 e. The van der Waals surface area contributed by atoms with E-state index >= 15 is 0 Å². The van der Waals surface area contributed by atoms with Crippen LogP contribution in [0.1, 0.15) is 12.8 Å². The second-order valence-corrected chi connectivity index (χ2v) is 7.22. The van der Waals surface area contributed by atoms with Gasteiger partial charge in [0.15, 0.2) is 5.75 Å². The smallest absolute Gasteiger partial charge is 0.311 e. The van der Waals surface area contributed by atoms with Crippen LogP contribution < -0.4 is 15.2 Å². The molecule has 1 aliphatic heterocycles. The summed E-state index contributed by atoms with van der Waals surface area (Å²) in [6, 6.07) is 15.8. The second-order valence-electron chi connectivity index (χ2n) is 7.22. The molecule has 1 aliphatic rings. The molecule has 2 aromatic carbocycles. The topological polar surface area (TPSA) is 94.8 Å². The van der Waals surface area contributed by atoms with E-state index in [-0.39, 0.29) is 6.10 Å². The number of methoxy groups -OCH3 is 1. The molecule has 30 heavy (non-hydrogen) atoms. The number of ether oxygens (including phenoxy) is 2. The molecule has 0 atom stereocenters. The van der Waals surface area contributed by atoms with Crippen molar-refractivity contribution < 1.29 is 19.1 Å². The zero-order chi connectivity index (χ0) is 21.1. The minimum absolute atomic E-state index is 0.00724. The molecule has 1 fully saturated rings. The molecule has 0 unspecified atom stereocenters. The molecule has 2 N–H and O–H groups in total. The van der Waals surface area contributed by atoms with Gasteiger partial charge in [-0.2, -0.15) is 0 Å². The lowest BCUT2D eigenvalue weighted by atomic mass is 10.0. The number of nitrogens with zero attached hydrogens (tertiary/aromatic N) is 2. The van der Waals surface area contributed by atoms with E-state index in [1.54, 1.807) is 13.3 Å². The first-order valence-electron chi connectivity index (χ1n) is 9.84. The van der Waals surface area contributed by atoms with E-state index < -0.39 is 11.8 Å². The summed E-state index contributed by atoms with van der Waals surface area (Å²) < 4.78 is 11.7. The van der Waals surface area contributed by atoms with Crippen molar-refractivity contribution in [3.63, 3.8) is 0 Å². The highest BCUT2D eigenvalue weighted by Crippen LogP contribution is 2.36. The number of fused-ring (bicyclic) bond motifs is 1. The Hall–Kier alpha value is -3.61. The van der Waals surface area contributed by atoms with Crippen molar-refractivity contribution in [2.75, 3.05) is 20.2 Å². The normalized spacial score (nSPS) is 14.5. The summed E-state index contributed by atoms with van der Waals surface area (Å²) in [4.78, 5) is 28.6. The molecular weight excluding hydrogens is 382 g/mol. The fourth-order valence-electron chi connectivity index (χ4n) is 3.79. The molecule has 1 aromatic heterocycles. The number of nitrogens with two attached hydrogens (primary N) is 1. The van der Waals surface area contributed by atoms with Gasteiger partial charge in [0, 0.05) is 43.1 Å². The fraction of sp³-hybridized carbons (Fsp3) is 0.261. The Morgan fingerprint density at radius 3 is 2.47 bits per heavy atom. The van der Waals surface area contributed by atoms with Crippen LogP contribution in [-0.2, 0) is 9.59 Å². The lowest BCUT2D eigenvalue weighted by Crippen LogP contribution is -2.46. The van der Waals surface area contributed by atoms with Crippen molar-refractivity contribution in [3.05, 3.63) is 54.7 Å². The summed E-state index contributed by atoms with van der Waals surface area (Å²) >= 11 is 0. The molecule has 0 aliphatic carbocycles. The minimum atomic E-state index is -0.913. The second kappa shape index (κ2) is 8.41. The summed E-state index contributed by atoms with van der Waals surface area (Å²) in [5, 5.41) is 1.03. The van der Waals surface area contributed by atoms with Crippen molar-refractivity contribution in [2.24, 2.45) is 5.73 Å². The highest BCUT2D eigenvalue weighted by atomic mass is 16.5. The maximum absolute atomic E-state index is 11.7. The number of piperidine rings is 1. The Morgan fingerprint density at radius 2 is 1.80 bits per heavy atom. The Kier molecular flexibility index (Phi) is 5.52. The maximum atomic E-state index is 11.7. The number of carbonyl (C=O) groups excluding carboxylic acids is 2. The third kappa shape index (κ3) is 3.91. The number of aromatic nitrogens is 1. The van der Waals surface area contributed by atoms with E-state index in [2.05, 4.69) is 4.98 Å². The number of rotatable bonds is 4. The van der Waals surface area contributed by atoms with Gasteiger partial charge in [-0.15, -0.1) is 0 Å². The molecule has 0 bridgehead atoms. The van der Waals surface area contributed by atoms with Crippen molar-refractivity contribution in [2.45, 2.75) is 18.9 Å². The van der Waals surface area contributed by atoms with E-state index in [4.69, 9.17) is 15.2 Å². The van der Waals surface area contributed by atoms with Gasteiger partial charge in [0.05, 0.1) is 7.11 Å². The van der Waals surface area contributed by atoms with Crippen LogP contribution in [0, 0.1) is 0 Å². The lowest BCUT2D eigenvalue weighted by molar-refractivity contribution is -0.145. The molecule has 2 amide bonds. The Balaban J connectivity index is 1.46. The lowest BCUT2D eigenvalue weighted by Gasteiger charge is -2.31. The molecular formula is C23H23N3O4. The van der Waals surface area contributed by atoms with Gasteiger partial charge < -0.3 is 20.1 Å². The molecule has 3 aromatic rings. The molecule has 1 saturated heterocycles. The van der Waals surface area contributed by atoms with E-state index in [0.29, 0.717) is 25.9 Å². The number of primary amides is 1. The number of amides is 2. The van der Waals surface area contributed by atoms with Crippen molar-refractivity contribution in [1.82, 2.24) is 9.88 Å². The average Bonchev–Trinajstić information content (AvgIpc) is 2.79. The standard InChI is InChI=1S/C23H23N3O4/c1-29-21-19(9-6-16-3-2-12-25-20(16)21)15-4-7-17(8-5-15)30-18-10-13-26(14-11-18)23(28)22(24)27/h2-9,12,18H,10-11,13-14H2,1H3,(H2,24,27). The van der Waals surface area contributed by atoms with Gasteiger partial charge in [-0.1, -0.05) is 24.3 Å². The van der Waals surface area contributed by atoms with Crippen LogP contribution in [0.2, 0.25) is 0 Å². The average molecular weight is 405 g/mol. The number of pyridine rings is 1. The predicted molar refractivity (Wildman–Crippen MR) is 113 cm³/mol. The third-order valence-corrected chi connectivity index (χ3v) is 5.34. The van der Waals surface area contributed by atoms with E-state index in [1.807, 2.05) is 48.5 Å². The molecule has 7 nitrogen and oxygen atoms in total. The molecule has 7 heteroatoms. The predicted octanol–water partition coefficient (Wildman–Crippen LogP) is 2.77. The summed E-state index contributed by atoms with van der Waals surface area (Å²) in [7, 11) is 1.65. The summed E-state index contributed by atoms with van der Waals surface area (Å²) in [5.74, 6) is -0.0366. The first-order chi connectivity index (χ1) is 14.6. The van der Waals surface area contributed by atoms with E-state index in [0.717, 1.165) is 33.5 Å². The summed E-state index contributed by atoms with van der Waals surface area (Å²) in [6.45, 7) is 0.928. The molecule has 4 rings (SSSR count). The number of benzene rings is 2. The number of likely N-dealkylation sites (tertiary alicyclic amines) is 1. The zero-order valence-electron chi connectivity index (χ0n) is 16.7. The third-order valence-electron chi connectivity index (χ3n) is 5.34. The van der Waals surface area contributed by atoms with Crippen LogP contribution in [0.3, 0.4) is 0 Å². The van der Waals surface area contributed by atoms with Crippen molar-refractivity contribution in [3.8, 4) is 22.6 Å². The SMILES string of the molecule is COc1c(-c2ccc(OC3CCN(C(=O)C(N)=O)CC3)cc2)ccc2cccnc12. The van der Waals surface area contributed by atoms with Crippen molar-refractivity contribution in [1.29, 1.82) is 0 Å². The molecule has 0 radical (unpaired) electrons. The van der Waals surface area contributed by atoms with Gasteiger partial charge in [0.25, 0.3) is 0 Å². The molecule has 154 valence electrons. The van der Waals surface area contributed by atoms with Crippen LogP contribution >= 0.6 is 0 Å². The Bertz CT molecular complexity index is 1070. The fourth-order valence-corrected chi connectivity index (χ4v) is 3.79. The Morgan fingerprint density at radius 1 is 1.07 bits per heavy atom. The van der Waals surface area contributed by atoms with Gasteiger partial charge >= 0.3 is 11.8 Å². The highest BCUT2D eigenvalue weighted by Gasteiger charge is 2.26. The van der Waals surface area contributed by atoms with Crippen LogP contribution in [0.25, 0.3) is 22.0 Å². The van der Waals surface area contributed by atoms with Gasteiger partial charge in [-0.25, -0.2) is 0 Å². The van der Waals surface area contributed by atoms with E-state index in [1.165, 1.54) is 4.90 Å². The zero-order valence-corrected chi connectivity index (χ0v) is 16.7. The number of hydrogen-bond acceptors (Lipinski definition) is 5. The summed E-state index contributed by atoms with van der Waals surface area (Å²) in [6.07, 6.45) is 3.07. The first-order valence-corrected chi connectivity index (χ1v) is 9.84. The summed E-state index contributed by atoms with van der Waals surface area (Å²) in [5.41, 5.74) is 7.87. The molecule has 0 spiro atoms. The van der Waals surface area contributed by atoms with Crippen LogP contribution in [0.4, 0.5) is 0 Å². The number of carbonyl (C=O) groups is 2. The first kappa shape index (κ1) is 19.7. The maximum Gasteiger partial charge on any atom is 0.311 e. The van der Waals surface area contributed by atoms with Crippen LogP contribution in [0.5, 0.6) is 11.5 Å². The minimum Gasteiger partial charge on any atom is -0.494 e. The quantitative estimate of drug-likeness (QED) is 0.674. The van der Waals surface area contributed by atoms with Crippen LogP contribution in [-0.4, -0.2) is 48.0 Å². The van der Waals surface area contributed by atoms with Gasteiger partial charge in [-0.3, -0.25) is 14.6 Å². The van der Waals surface area contributed by atoms with Crippen LogP contribution in [0.15, 0.2) is 54.7 Å². The van der Waals surface area contributed by atoms with Crippen molar-refractivity contribution >= 4 is 22.7 Å². The highest BCUT2D eigenvalue weighted by molar-refractivity contribution is 6.34. The monoisotopic (exact) mass is 405 g/mol. The Labute approximate surface area is 174 Å². The molecule has 2 heterocycles. The van der Waals surface area contributed by atoms with Gasteiger partial charge in [0.1, 0.15) is 17.4 Å². The molecule has 0 saturated carbocycles.